The summed E-state index contributed by atoms with van der Waals surface area (Å²) in [7, 11) is 4.05. The molecule has 0 radical (unpaired) electrons. The van der Waals surface area contributed by atoms with E-state index in [0.717, 1.165) is 13.1 Å². The van der Waals surface area contributed by atoms with Gasteiger partial charge in [-0.15, -0.1) is 0 Å². The Balaban J connectivity index is 3.53. The summed E-state index contributed by atoms with van der Waals surface area (Å²) in [6.07, 6.45) is 0. The minimum atomic E-state index is 0.0781. The number of likely N-dealkylation sites (N-methyl/N-ethyl adjacent to an activating group) is 1. The predicted molar refractivity (Wildman–Crippen MR) is 63.9 cm³/mol. The zero-order valence-electron chi connectivity index (χ0n) is 10.6. The van der Waals surface area contributed by atoms with Crippen LogP contribution in [-0.4, -0.2) is 50.6 Å². The van der Waals surface area contributed by atoms with E-state index in [9.17, 15) is 4.79 Å². The quantitative estimate of drug-likeness (QED) is 0.642. The van der Waals surface area contributed by atoms with E-state index in [-0.39, 0.29) is 5.91 Å². The molecule has 15 heavy (non-hydrogen) atoms. The Kier molecular flexibility index (Phi) is 7.34. The van der Waals surface area contributed by atoms with Gasteiger partial charge in [0.15, 0.2) is 0 Å². The number of hydrogen-bond acceptors (Lipinski definition) is 3. The van der Waals surface area contributed by atoms with Gasteiger partial charge < -0.3 is 15.5 Å². The third kappa shape index (κ3) is 9.69. The fourth-order valence-corrected chi connectivity index (χ4v) is 1.26. The summed E-state index contributed by atoms with van der Waals surface area (Å²) in [6.45, 7) is 8.35. The van der Waals surface area contributed by atoms with E-state index >= 15 is 0 Å². The number of hydrogen-bond donors (Lipinski definition) is 2. The van der Waals surface area contributed by atoms with Crippen LogP contribution in [0.25, 0.3) is 0 Å². The molecular formula is C11H25N3O. The molecule has 0 saturated carbocycles. The van der Waals surface area contributed by atoms with Gasteiger partial charge in [-0.1, -0.05) is 13.8 Å². The van der Waals surface area contributed by atoms with Crippen molar-refractivity contribution in [3.63, 3.8) is 0 Å². The number of amides is 1. The lowest BCUT2D eigenvalue weighted by molar-refractivity contribution is -0.120. The normalized spacial score (nSPS) is 13.3. The van der Waals surface area contributed by atoms with Crippen LogP contribution in [0.2, 0.25) is 0 Å². The van der Waals surface area contributed by atoms with Crippen molar-refractivity contribution in [2.45, 2.75) is 26.8 Å². The summed E-state index contributed by atoms with van der Waals surface area (Å²) in [5, 5.41) is 6.06. The first-order valence-corrected chi connectivity index (χ1v) is 5.56. The summed E-state index contributed by atoms with van der Waals surface area (Å²) in [4.78, 5) is 13.5. The van der Waals surface area contributed by atoms with Gasteiger partial charge in [-0.25, -0.2) is 0 Å². The first kappa shape index (κ1) is 14.4. The lowest BCUT2D eigenvalue weighted by atomic mass is 10.2. The molecule has 0 rings (SSSR count). The summed E-state index contributed by atoms with van der Waals surface area (Å²) in [5.41, 5.74) is 0. The Morgan fingerprint density at radius 1 is 1.27 bits per heavy atom. The fourth-order valence-electron chi connectivity index (χ4n) is 1.26. The lowest BCUT2D eigenvalue weighted by Crippen LogP contribution is -2.42. The molecule has 4 nitrogen and oxygen atoms in total. The molecule has 1 atom stereocenters. The van der Waals surface area contributed by atoms with Crippen molar-refractivity contribution >= 4 is 5.91 Å². The maximum absolute atomic E-state index is 11.4. The highest BCUT2D eigenvalue weighted by Crippen LogP contribution is 1.87. The van der Waals surface area contributed by atoms with Crippen LogP contribution in [0.4, 0.5) is 0 Å². The van der Waals surface area contributed by atoms with Gasteiger partial charge in [-0.2, -0.15) is 0 Å². The molecule has 0 spiro atoms. The summed E-state index contributed by atoms with van der Waals surface area (Å²) >= 11 is 0. The molecular weight excluding hydrogens is 190 g/mol. The molecule has 0 aliphatic carbocycles. The monoisotopic (exact) mass is 215 g/mol. The van der Waals surface area contributed by atoms with Crippen LogP contribution in [-0.2, 0) is 4.79 Å². The molecule has 0 heterocycles. The Morgan fingerprint density at radius 3 is 2.33 bits per heavy atom. The largest absolute Gasteiger partial charge is 0.355 e. The maximum Gasteiger partial charge on any atom is 0.233 e. The SMILES string of the molecule is CC(C)CNC(=O)CNC(C)CN(C)C. The highest BCUT2D eigenvalue weighted by molar-refractivity contribution is 5.77. The van der Waals surface area contributed by atoms with Crippen LogP contribution < -0.4 is 10.6 Å². The Bertz CT molecular complexity index is 181. The van der Waals surface area contributed by atoms with Crippen molar-refractivity contribution in [2.24, 2.45) is 5.92 Å². The van der Waals surface area contributed by atoms with E-state index in [0.29, 0.717) is 18.5 Å². The first-order chi connectivity index (χ1) is 6.91. The molecule has 0 aromatic rings. The standard InChI is InChI=1S/C11H25N3O/c1-9(2)6-13-11(15)7-12-10(3)8-14(4)5/h9-10,12H,6-8H2,1-5H3,(H,13,15). The topological polar surface area (TPSA) is 44.4 Å². The summed E-state index contributed by atoms with van der Waals surface area (Å²) < 4.78 is 0. The molecule has 0 bridgehead atoms. The summed E-state index contributed by atoms with van der Waals surface area (Å²) in [6, 6.07) is 0.338. The van der Waals surface area contributed by atoms with Gasteiger partial charge in [0.05, 0.1) is 6.54 Å². The molecule has 1 amide bonds. The molecule has 0 fully saturated rings. The predicted octanol–water partition coefficient (Wildman–Crippen LogP) is 0.298. The molecule has 90 valence electrons. The number of nitrogens with zero attached hydrogens (tertiary/aromatic N) is 1. The molecule has 2 N–H and O–H groups in total. The van der Waals surface area contributed by atoms with Crippen LogP contribution in [0.5, 0.6) is 0 Å². The number of carbonyl (C=O) groups is 1. The Labute approximate surface area is 93.4 Å². The van der Waals surface area contributed by atoms with Crippen molar-refractivity contribution in [1.29, 1.82) is 0 Å². The van der Waals surface area contributed by atoms with Crippen LogP contribution in [0, 0.1) is 5.92 Å². The van der Waals surface area contributed by atoms with Crippen molar-refractivity contribution in [3.8, 4) is 0 Å². The van der Waals surface area contributed by atoms with Crippen LogP contribution in [0.3, 0.4) is 0 Å². The molecule has 0 aliphatic heterocycles. The van der Waals surface area contributed by atoms with Crippen LogP contribution in [0.15, 0.2) is 0 Å². The van der Waals surface area contributed by atoms with E-state index < -0.39 is 0 Å². The van der Waals surface area contributed by atoms with E-state index in [1.54, 1.807) is 0 Å². The maximum atomic E-state index is 11.4. The van der Waals surface area contributed by atoms with Crippen LogP contribution >= 0.6 is 0 Å². The van der Waals surface area contributed by atoms with E-state index in [1.165, 1.54) is 0 Å². The second-order valence-electron chi connectivity index (χ2n) is 4.74. The third-order valence-corrected chi connectivity index (χ3v) is 1.96. The molecule has 1 unspecified atom stereocenters. The number of nitrogens with one attached hydrogen (secondary N) is 2. The smallest absolute Gasteiger partial charge is 0.233 e. The third-order valence-electron chi connectivity index (χ3n) is 1.96. The molecule has 0 aliphatic rings. The number of rotatable bonds is 7. The summed E-state index contributed by atoms with van der Waals surface area (Å²) in [5.74, 6) is 0.586. The van der Waals surface area contributed by atoms with Gasteiger partial charge in [-0.3, -0.25) is 4.79 Å². The van der Waals surface area contributed by atoms with Crippen molar-refractivity contribution in [3.05, 3.63) is 0 Å². The molecule has 0 saturated heterocycles. The Hall–Kier alpha value is -0.610. The molecule has 4 heteroatoms. The van der Waals surface area contributed by atoms with Gasteiger partial charge >= 0.3 is 0 Å². The van der Waals surface area contributed by atoms with Gasteiger partial charge in [0.25, 0.3) is 0 Å². The zero-order valence-corrected chi connectivity index (χ0v) is 10.6. The second kappa shape index (κ2) is 7.65. The van der Waals surface area contributed by atoms with E-state index in [2.05, 4.69) is 36.3 Å². The van der Waals surface area contributed by atoms with E-state index in [4.69, 9.17) is 0 Å². The van der Waals surface area contributed by atoms with Crippen molar-refractivity contribution in [1.82, 2.24) is 15.5 Å². The van der Waals surface area contributed by atoms with Gasteiger partial charge in [0.1, 0.15) is 0 Å². The number of carbonyl (C=O) groups excluding carboxylic acids is 1. The average molecular weight is 215 g/mol. The minimum Gasteiger partial charge on any atom is -0.355 e. The first-order valence-electron chi connectivity index (χ1n) is 5.56. The lowest BCUT2D eigenvalue weighted by Gasteiger charge is -2.18. The Morgan fingerprint density at radius 2 is 1.87 bits per heavy atom. The second-order valence-corrected chi connectivity index (χ2v) is 4.74. The molecule has 0 aromatic carbocycles. The van der Waals surface area contributed by atoms with Crippen LogP contribution in [0.1, 0.15) is 20.8 Å². The highest BCUT2D eigenvalue weighted by atomic mass is 16.1. The van der Waals surface area contributed by atoms with E-state index in [1.807, 2.05) is 14.1 Å². The van der Waals surface area contributed by atoms with Gasteiger partial charge in [0.2, 0.25) is 5.91 Å². The average Bonchev–Trinajstić information content (AvgIpc) is 2.10. The van der Waals surface area contributed by atoms with Gasteiger partial charge in [0, 0.05) is 19.1 Å². The molecule has 0 aromatic heterocycles. The highest BCUT2D eigenvalue weighted by Gasteiger charge is 2.06. The van der Waals surface area contributed by atoms with Gasteiger partial charge in [-0.05, 0) is 26.9 Å². The fraction of sp³-hybridized carbons (Fsp3) is 0.909. The minimum absolute atomic E-state index is 0.0781. The van der Waals surface area contributed by atoms with Crippen molar-refractivity contribution < 1.29 is 4.79 Å². The van der Waals surface area contributed by atoms with Crippen molar-refractivity contribution in [2.75, 3.05) is 33.7 Å². The zero-order chi connectivity index (χ0) is 11.8.